The minimum absolute atomic E-state index is 0.00213. The molecule has 10 nitrogen and oxygen atoms in total. The Hall–Kier alpha value is -3.02. The van der Waals surface area contributed by atoms with Crippen molar-refractivity contribution in [2.45, 2.75) is 11.5 Å². The number of esters is 1. The van der Waals surface area contributed by atoms with Crippen LogP contribution in [0.4, 0.5) is 5.69 Å². The SMILES string of the molecule is COC(=O)c1ccc(COc2ccc(S(=O)(=O)N3CCOCC3)cc2[N+](=O)[O-])cc1. The van der Waals surface area contributed by atoms with Crippen molar-refractivity contribution in [1.82, 2.24) is 4.31 Å². The van der Waals surface area contributed by atoms with Crippen LogP contribution in [0.15, 0.2) is 47.4 Å². The third-order valence-electron chi connectivity index (χ3n) is 4.50. The average molecular weight is 436 g/mol. The summed E-state index contributed by atoms with van der Waals surface area (Å²) in [6, 6.07) is 9.93. The van der Waals surface area contributed by atoms with Crippen LogP contribution in [0, 0.1) is 10.1 Å². The first-order valence-corrected chi connectivity index (χ1v) is 10.4. The monoisotopic (exact) mass is 436 g/mol. The van der Waals surface area contributed by atoms with Gasteiger partial charge in [-0.2, -0.15) is 4.31 Å². The van der Waals surface area contributed by atoms with E-state index in [1.165, 1.54) is 23.5 Å². The summed E-state index contributed by atoms with van der Waals surface area (Å²) in [4.78, 5) is 22.1. The highest BCUT2D eigenvalue weighted by molar-refractivity contribution is 7.89. The van der Waals surface area contributed by atoms with E-state index < -0.39 is 26.6 Å². The number of ether oxygens (including phenoxy) is 3. The minimum Gasteiger partial charge on any atom is -0.482 e. The highest BCUT2D eigenvalue weighted by Gasteiger charge is 2.29. The zero-order valence-electron chi connectivity index (χ0n) is 16.1. The van der Waals surface area contributed by atoms with Crippen molar-refractivity contribution >= 4 is 21.7 Å². The van der Waals surface area contributed by atoms with E-state index >= 15 is 0 Å². The van der Waals surface area contributed by atoms with Crippen molar-refractivity contribution in [3.8, 4) is 5.75 Å². The summed E-state index contributed by atoms with van der Waals surface area (Å²) in [6.07, 6.45) is 0. The zero-order valence-corrected chi connectivity index (χ0v) is 17.0. The molecule has 0 N–H and O–H groups in total. The summed E-state index contributed by atoms with van der Waals surface area (Å²) < 4.78 is 42.0. The quantitative estimate of drug-likeness (QED) is 0.366. The average Bonchev–Trinajstić information content (AvgIpc) is 2.77. The van der Waals surface area contributed by atoms with Crippen LogP contribution in [-0.2, 0) is 26.1 Å². The van der Waals surface area contributed by atoms with Gasteiger partial charge in [0.25, 0.3) is 0 Å². The number of carbonyl (C=O) groups excluding carboxylic acids is 1. The molecule has 3 rings (SSSR count). The first kappa shape index (κ1) is 21.7. The third-order valence-corrected chi connectivity index (χ3v) is 6.40. The molecule has 1 fully saturated rings. The van der Waals surface area contributed by atoms with E-state index in [0.29, 0.717) is 11.1 Å². The number of morpholine rings is 1. The minimum atomic E-state index is -3.87. The zero-order chi connectivity index (χ0) is 21.7. The van der Waals surface area contributed by atoms with Crippen LogP contribution in [0.3, 0.4) is 0 Å². The maximum atomic E-state index is 12.7. The summed E-state index contributed by atoms with van der Waals surface area (Å²) in [6.45, 7) is 0.929. The fourth-order valence-corrected chi connectivity index (χ4v) is 4.30. The van der Waals surface area contributed by atoms with Crippen LogP contribution >= 0.6 is 0 Å². The van der Waals surface area contributed by atoms with Crippen LogP contribution < -0.4 is 4.74 Å². The third kappa shape index (κ3) is 4.75. The Bertz CT molecular complexity index is 1030. The molecule has 1 heterocycles. The molecule has 1 saturated heterocycles. The molecule has 0 aliphatic carbocycles. The van der Waals surface area contributed by atoms with Crippen molar-refractivity contribution in [2.24, 2.45) is 0 Å². The fourth-order valence-electron chi connectivity index (χ4n) is 2.87. The summed E-state index contributed by atoms with van der Waals surface area (Å²) >= 11 is 0. The van der Waals surface area contributed by atoms with Crippen molar-refractivity contribution in [2.75, 3.05) is 33.4 Å². The Morgan fingerprint density at radius 3 is 2.43 bits per heavy atom. The van der Waals surface area contributed by atoms with Gasteiger partial charge in [0, 0.05) is 19.2 Å². The van der Waals surface area contributed by atoms with Crippen LogP contribution in [0.25, 0.3) is 0 Å². The van der Waals surface area contributed by atoms with E-state index in [9.17, 15) is 23.3 Å². The molecule has 30 heavy (non-hydrogen) atoms. The Balaban J connectivity index is 1.78. The van der Waals surface area contributed by atoms with Crippen LogP contribution in [0.2, 0.25) is 0 Å². The molecule has 0 bridgehead atoms. The van der Waals surface area contributed by atoms with Crippen molar-refractivity contribution in [1.29, 1.82) is 0 Å². The number of nitro benzene ring substituents is 1. The van der Waals surface area contributed by atoms with E-state index in [1.54, 1.807) is 24.3 Å². The molecule has 0 spiro atoms. The molecule has 1 aliphatic heterocycles. The van der Waals surface area contributed by atoms with Crippen molar-refractivity contribution in [3.63, 3.8) is 0 Å². The first-order valence-electron chi connectivity index (χ1n) is 8.99. The van der Waals surface area contributed by atoms with Crippen molar-refractivity contribution in [3.05, 3.63) is 63.7 Å². The van der Waals surface area contributed by atoms with E-state index in [1.807, 2.05) is 0 Å². The van der Waals surface area contributed by atoms with Gasteiger partial charge >= 0.3 is 11.7 Å². The summed E-state index contributed by atoms with van der Waals surface area (Å²) in [5.74, 6) is -0.534. The van der Waals surface area contributed by atoms with E-state index in [0.717, 1.165) is 6.07 Å². The van der Waals surface area contributed by atoms with Gasteiger partial charge in [-0.25, -0.2) is 13.2 Å². The molecule has 1 aliphatic rings. The number of nitrogens with zero attached hydrogens (tertiary/aromatic N) is 2. The summed E-state index contributed by atoms with van der Waals surface area (Å²) in [5, 5.41) is 11.5. The molecule has 0 amide bonds. The largest absolute Gasteiger partial charge is 0.482 e. The Kier molecular flexibility index (Phi) is 6.65. The lowest BCUT2D eigenvalue weighted by molar-refractivity contribution is -0.386. The number of hydrogen-bond acceptors (Lipinski definition) is 8. The lowest BCUT2D eigenvalue weighted by atomic mass is 10.1. The Labute approximate surface area is 173 Å². The number of hydrogen-bond donors (Lipinski definition) is 0. The molecular weight excluding hydrogens is 416 g/mol. The molecule has 0 saturated carbocycles. The van der Waals surface area contributed by atoms with Gasteiger partial charge in [0.1, 0.15) is 6.61 Å². The predicted octanol–water partition coefficient (Wildman–Crippen LogP) is 1.98. The van der Waals surface area contributed by atoms with Gasteiger partial charge in [-0.1, -0.05) is 12.1 Å². The number of sulfonamides is 1. The topological polar surface area (TPSA) is 125 Å². The maximum absolute atomic E-state index is 12.7. The normalized spacial score (nSPS) is 14.8. The number of rotatable bonds is 7. The Morgan fingerprint density at radius 1 is 1.17 bits per heavy atom. The van der Waals surface area contributed by atoms with Gasteiger partial charge in [-0.3, -0.25) is 10.1 Å². The van der Waals surface area contributed by atoms with Gasteiger partial charge in [0.2, 0.25) is 10.0 Å². The molecule has 2 aromatic carbocycles. The second kappa shape index (κ2) is 9.20. The van der Waals surface area contributed by atoms with Crippen LogP contribution in [-0.4, -0.2) is 57.0 Å². The molecule has 0 atom stereocenters. The van der Waals surface area contributed by atoms with Gasteiger partial charge in [0.05, 0.1) is 35.7 Å². The fraction of sp³-hybridized carbons (Fsp3) is 0.316. The predicted molar refractivity (Wildman–Crippen MR) is 105 cm³/mol. The van der Waals surface area contributed by atoms with E-state index in [2.05, 4.69) is 4.74 Å². The molecule has 11 heteroatoms. The Morgan fingerprint density at radius 2 is 1.83 bits per heavy atom. The maximum Gasteiger partial charge on any atom is 0.337 e. The van der Waals surface area contributed by atoms with Gasteiger partial charge in [0.15, 0.2) is 5.75 Å². The first-order chi connectivity index (χ1) is 14.3. The number of benzene rings is 2. The number of carbonyl (C=O) groups is 1. The smallest absolute Gasteiger partial charge is 0.337 e. The molecular formula is C19H20N2O8S. The van der Waals surface area contributed by atoms with E-state index in [4.69, 9.17) is 9.47 Å². The molecule has 0 radical (unpaired) electrons. The molecule has 160 valence electrons. The lowest BCUT2D eigenvalue weighted by Crippen LogP contribution is -2.40. The lowest BCUT2D eigenvalue weighted by Gasteiger charge is -2.26. The molecule has 2 aromatic rings. The summed E-state index contributed by atoms with van der Waals surface area (Å²) in [7, 11) is -2.59. The molecule has 0 aromatic heterocycles. The molecule has 0 unspecified atom stereocenters. The van der Waals surface area contributed by atoms with Gasteiger partial charge in [-0.15, -0.1) is 0 Å². The standard InChI is InChI=1S/C19H20N2O8S/c1-27-19(22)15-4-2-14(3-5-15)13-29-18-7-6-16(12-17(18)21(23)24)30(25,26)20-8-10-28-11-9-20/h2-7,12H,8-11,13H2,1H3. The second-order valence-electron chi connectivity index (χ2n) is 6.38. The van der Waals surface area contributed by atoms with Crippen LogP contribution in [0.5, 0.6) is 5.75 Å². The van der Waals surface area contributed by atoms with Crippen LogP contribution in [0.1, 0.15) is 15.9 Å². The van der Waals surface area contributed by atoms with Gasteiger partial charge in [-0.05, 0) is 29.8 Å². The number of methoxy groups -OCH3 is 1. The number of nitro groups is 1. The highest BCUT2D eigenvalue weighted by Crippen LogP contribution is 2.31. The second-order valence-corrected chi connectivity index (χ2v) is 8.32. The van der Waals surface area contributed by atoms with E-state index in [-0.39, 0.29) is 43.6 Å². The van der Waals surface area contributed by atoms with Gasteiger partial charge < -0.3 is 14.2 Å². The highest BCUT2D eigenvalue weighted by atomic mass is 32.2. The summed E-state index contributed by atoms with van der Waals surface area (Å²) in [5.41, 5.74) is 0.586. The van der Waals surface area contributed by atoms with Crippen molar-refractivity contribution < 1.29 is 32.3 Å².